The Balaban J connectivity index is 2.40. The second-order valence-electron chi connectivity index (χ2n) is 4.01. The topological polar surface area (TPSA) is 43.8 Å². The minimum absolute atomic E-state index is 0.0429. The first-order valence-electron chi connectivity index (χ1n) is 5.46. The van der Waals surface area contributed by atoms with Crippen LogP contribution < -0.4 is 5.73 Å². The average molecular weight is 324 g/mol. The van der Waals surface area contributed by atoms with E-state index in [1.54, 1.807) is 24.3 Å². The molecule has 2 aromatic carbocycles. The normalized spacial score (nSPS) is 11.1. The fourth-order valence-corrected chi connectivity index (χ4v) is 2.43. The molecule has 0 saturated heterocycles. The number of halogens is 3. The van der Waals surface area contributed by atoms with Crippen LogP contribution in [0.25, 0.3) is 16.7 Å². The van der Waals surface area contributed by atoms with Gasteiger partial charge in [0.15, 0.2) is 11.6 Å². The minimum Gasteiger partial charge on any atom is -0.369 e. The molecule has 0 fully saturated rings. The fraction of sp³-hybridized carbons (Fsp3) is 0. The summed E-state index contributed by atoms with van der Waals surface area (Å²) >= 11 is 3.04. The Morgan fingerprint density at radius 1 is 1.11 bits per heavy atom. The van der Waals surface area contributed by atoms with Crippen LogP contribution in [-0.2, 0) is 0 Å². The predicted molar refractivity (Wildman–Crippen MR) is 73.1 cm³/mol. The predicted octanol–water partition coefficient (Wildman–Crippen LogP) is 3.65. The van der Waals surface area contributed by atoms with Gasteiger partial charge < -0.3 is 5.73 Å². The standard InChI is InChI=1S/C13H8BrF2N3/c14-7-5-8(15)12(9(16)6-7)19-11-4-2-1-3-10(11)18-13(19)17/h1-6H,(H2,17,18). The molecule has 0 amide bonds. The highest BCUT2D eigenvalue weighted by Crippen LogP contribution is 2.28. The van der Waals surface area contributed by atoms with Crippen molar-refractivity contribution in [2.24, 2.45) is 0 Å². The molecule has 3 aromatic rings. The lowest BCUT2D eigenvalue weighted by molar-refractivity contribution is 0.570. The molecule has 0 spiro atoms. The van der Waals surface area contributed by atoms with Crippen LogP contribution in [0.5, 0.6) is 0 Å². The number of hydrogen-bond acceptors (Lipinski definition) is 2. The maximum atomic E-state index is 14.0. The highest BCUT2D eigenvalue weighted by molar-refractivity contribution is 9.10. The Morgan fingerprint density at radius 2 is 1.74 bits per heavy atom. The van der Waals surface area contributed by atoms with Gasteiger partial charge in [-0.3, -0.25) is 4.57 Å². The summed E-state index contributed by atoms with van der Waals surface area (Å²) in [6, 6.07) is 9.36. The molecule has 0 saturated carbocycles. The van der Waals surface area contributed by atoms with Gasteiger partial charge in [-0.2, -0.15) is 0 Å². The maximum absolute atomic E-state index is 14.0. The van der Waals surface area contributed by atoms with Crippen LogP contribution in [0.3, 0.4) is 0 Å². The average Bonchev–Trinajstić information content (AvgIpc) is 2.65. The summed E-state index contributed by atoms with van der Waals surface area (Å²) in [5.74, 6) is -1.37. The van der Waals surface area contributed by atoms with E-state index in [9.17, 15) is 8.78 Å². The first-order chi connectivity index (χ1) is 9.08. The van der Waals surface area contributed by atoms with E-state index in [-0.39, 0.29) is 11.6 Å². The van der Waals surface area contributed by atoms with Crippen LogP contribution in [0, 0.1) is 11.6 Å². The highest BCUT2D eigenvalue weighted by Gasteiger charge is 2.18. The van der Waals surface area contributed by atoms with Crippen molar-refractivity contribution in [1.29, 1.82) is 0 Å². The smallest absolute Gasteiger partial charge is 0.206 e. The van der Waals surface area contributed by atoms with E-state index < -0.39 is 11.6 Å². The molecule has 0 aliphatic carbocycles. The Morgan fingerprint density at radius 3 is 2.42 bits per heavy atom. The summed E-state index contributed by atoms with van der Waals surface area (Å²) in [7, 11) is 0. The van der Waals surface area contributed by atoms with Gasteiger partial charge in [0.05, 0.1) is 11.0 Å². The van der Waals surface area contributed by atoms with Gasteiger partial charge in [-0.1, -0.05) is 28.1 Å². The number of nitrogens with zero attached hydrogens (tertiary/aromatic N) is 2. The Bertz CT molecular complexity index is 760. The van der Waals surface area contributed by atoms with Gasteiger partial charge >= 0.3 is 0 Å². The summed E-state index contributed by atoms with van der Waals surface area (Å²) in [4.78, 5) is 4.09. The number of para-hydroxylation sites is 2. The molecule has 96 valence electrons. The second-order valence-corrected chi connectivity index (χ2v) is 4.93. The molecule has 0 aliphatic heterocycles. The molecule has 0 atom stereocenters. The van der Waals surface area contributed by atoms with Crippen molar-refractivity contribution < 1.29 is 8.78 Å². The lowest BCUT2D eigenvalue weighted by Gasteiger charge is -2.09. The summed E-state index contributed by atoms with van der Waals surface area (Å²) in [6.07, 6.45) is 0. The third-order valence-electron chi connectivity index (χ3n) is 2.79. The van der Waals surface area contributed by atoms with E-state index >= 15 is 0 Å². The zero-order chi connectivity index (χ0) is 13.6. The number of nitrogens with two attached hydrogens (primary N) is 1. The van der Waals surface area contributed by atoms with Gasteiger partial charge in [0, 0.05) is 4.47 Å². The molecular weight excluding hydrogens is 316 g/mol. The van der Waals surface area contributed by atoms with E-state index in [2.05, 4.69) is 20.9 Å². The number of benzene rings is 2. The quantitative estimate of drug-likeness (QED) is 0.742. The molecule has 0 unspecified atom stereocenters. The lowest BCUT2D eigenvalue weighted by Crippen LogP contribution is -2.05. The minimum atomic E-state index is -0.707. The Hall–Kier alpha value is -1.95. The zero-order valence-corrected chi connectivity index (χ0v) is 11.2. The number of rotatable bonds is 1. The van der Waals surface area contributed by atoms with Crippen molar-refractivity contribution in [3.05, 3.63) is 52.5 Å². The first kappa shape index (κ1) is 12.1. The molecule has 0 radical (unpaired) electrons. The molecule has 3 nitrogen and oxygen atoms in total. The van der Waals surface area contributed by atoms with Crippen LogP contribution >= 0.6 is 15.9 Å². The molecule has 0 aliphatic rings. The van der Waals surface area contributed by atoms with E-state index in [4.69, 9.17) is 5.73 Å². The molecule has 2 N–H and O–H groups in total. The van der Waals surface area contributed by atoms with Gasteiger partial charge in [-0.05, 0) is 24.3 Å². The van der Waals surface area contributed by atoms with Crippen molar-refractivity contribution in [1.82, 2.24) is 9.55 Å². The van der Waals surface area contributed by atoms with Crippen LogP contribution in [0.1, 0.15) is 0 Å². The molecule has 1 aromatic heterocycles. The van der Waals surface area contributed by atoms with E-state index in [1.807, 2.05) is 0 Å². The zero-order valence-electron chi connectivity index (χ0n) is 9.57. The van der Waals surface area contributed by atoms with Crippen LogP contribution in [0.15, 0.2) is 40.9 Å². The number of hydrogen-bond donors (Lipinski definition) is 1. The summed E-state index contributed by atoms with van der Waals surface area (Å²) < 4.78 is 29.6. The van der Waals surface area contributed by atoms with Crippen molar-refractivity contribution >= 4 is 32.9 Å². The van der Waals surface area contributed by atoms with Crippen LogP contribution in [0.4, 0.5) is 14.7 Å². The van der Waals surface area contributed by atoms with E-state index in [0.29, 0.717) is 15.5 Å². The lowest BCUT2D eigenvalue weighted by atomic mass is 10.2. The SMILES string of the molecule is Nc1nc2ccccc2n1-c1c(F)cc(Br)cc1F. The molecular formula is C13H8BrF2N3. The maximum Gasteiger partial charge on any atom is 0.206 e. The molecule has 6 heteroatoms. The third-order valence-corrected chi connectivity index (χ3v) is 3.25. The number of imidazole rings is 1. The van der Waals surface area contributed by atoms with Crippen LogP contribution in [-0.4, -0.2) is 9.55 Å². The van der Waals surface area contributed by atoms with Crippen molar-refractivity contribution in [2.75, 3.05) is 5.73 Å². The monoisotopic (exact) mass is 323 g/mol. The summed E-state index contributed by atoms with van der Waals surface area (Å²) in [6.45, 7) is 0. The second kappa shape index (κ2) is 4.31. The van der Waals surface area contributed by atoms with E-state index in [1.165, 1.54) is 16.7 Å². The van der Waals surface area contributed by atoms with Crippen molar-refractivity contribution in [3.63, 3.8) is 0 Å². The largest absolute Gasteiger partial charge is 0.369 e. The summed E-state index contributed by atoms with van der Waals surface area (Å²) in [5, 5.41) is 0. The van der Waals surface area contributed by atoms with Gasteiger partial charge in [-0.15, -0.1) is 0 Å². The number of nitrogen functional groups attached to an aromatic ring is 1. The van der Waals surface area contributed by atoms with Gasteiger partial charge in [-0.25, -0.2) is 13.8 Å². The molecule has 19 heavy (non-hydrogen) atoms. The van der Waals surface area contributed by atoms with Crippen molar-refractivity contribution in [3.8, 4) is 5.69 Å². The Labute approximate surface area is 115 Å². The molecule has 3 rings (SSSR count). The van der Waals surface area contributed by atoms with Crippen LogP contribution in [0.2, 0.25) is 0 Å². The first-order valence-corrected chi connectivity index (χ1v) is 6.25. The highest BCUT2D eigenvalue weighted by atomic mass is 79.9. The molecule has 1 heterocycles. The fourth-order valence-electron chi connectivity index (χ4n) is 2.03. The number of fused-ring (bicyclic) bond motifs is 1. The van der Waals surface area contributed by atoms with Gasteiger partial charge in [0.25, 0.3) is 0 Å². The van der Waals surface area contributed by atoms with E-state index in [0.717, 1.165) is 0 Å². The number of anilines is 1. The molecule has 0 bridgehead atoms. The third kappa shape index (κ3) is 1.88. The van der Waals surface area contributed by atoms with Gasteiger partial charge in [0.1, 0.15) is 5.69 Å². The number of aromatic nitrogens is 2. The van der Waals surface area contributed by atoms with Crippen molar-refractivity contribution in [2.45, 2.75) is 0 Å². The Kier molecular flexibility index (Phi) is 2.74. The van der Waals surface area contributed by atoms with Gasteiger partial charge in [0.2, 0.25) is 5.95 Å². The summed E-state index contributed by atoms with van der Waals surface area (Å²) in [5.41, 5.74) is 6.68.